The zero-order valence-corrected chi connectivity index (χ0v) is 19.2. The third-order valence-corrected chi connectivity index (χ3v) is 5.46. The Labute approximate surface area is 191 Å². The van der Waals surface area contributed by atoms with Gasteiger partial charge in [-0.15, -0.1) is 0 Å². The van der Waals surface area contributed by atoms with Gasteiger partial charge in [0.25, 0.3) is 0 Å². The Morgan fingerprint density at radius 1 is 1.03 bits per heavy atom. The summed E-state index contributed by atoms with van der Waals surface area (Å²) < 4.78 is 0. The molecule has 11 heteroatoms. The van der Waals surface area contributed by atoms with E-state index in [1.807, 2.05) is 36.6 Å². The highest BCUT2D eigenvalue weighted by atomic mass is 32.2. The fourth-order valence-electron chi connectivity index (χ4n) is 2.59. The molecular weight excluding hydrogens is 440 g/mol. The summed E-state index contributed by atoms with van der Waals surface area (Å²) in [5.74, 6) is -2.21. The van der Waals surface area contributed by atoms with Crippen LogP contribution in [0.25, 0.3) is 0 Å². The SMILES string of the molecule is CSCCC(NC(=O)C(C)NC(=O)C(Cc1ccccc1)NC(=O)C(N)CS)C(=O)O. The first kappa shape index (κ1) is 26.8. The molecule has 6 N–H and O–H groups in total. The smallest absolute Gasteiger partial charge is 0.326 e. The van der Waals surface area contributed by atoms with Crippen LogP contribution in [0, 0.1) is 0 Å². The lowest BCUT2D eigenvalue weighted by atomic mass is 10.0. The van der Waals surface area contributed by atoms with Gasteiger partial charge in [0.05, 0.1) is 6.04 Å². The molecule has 0 aliphatic heterocycles. The van der Waals surface area contributed by atoms with Crippen LogP contribution in [0.2, 0.25) is 0 Å². The van der Waals surface area contributed by atoms with Gasteiger partial charge in [0.15, 0.2) is 0 Å². The first-order chi connectivity index (χ1) is 14.7. The fraction of sp³-hybridized carbons (Fsp3) is 0.500. The largest absolute Gasteiger partial charge is 0.480 e. The number of amides is 3. The van der Waals surface area contributed by atoms with Crippen molar-refractivity contribution in [2.24, 2.45) is 5.73 Å². The van der Waals surface area contributed by atoms with Crippen molar-refractivity contribution in [1.82, 2.24) is 16.0 Å². The van der Waals surface area contributed by atoms with E-state index in [1.165, 1.54) is 18.7 Å². The number of hydrogen-bond acceptors (Lipinski definition) is 7. The van der Waals surface area contributed by atoms with E-state index in [2.05, 4.69) is 28.6 Å². The lowest BCUT2D eigenvalue weighted by molar-refractivity contribution is -0.142. The van der Waals surface area contributed by atoms with Gasteiger partial charge in [-0.25, -0.2) is 4.79 Å². The minimum Gasteiger partial charge on any atom is -0.480 e. The fourth-order valence-corrected chi connectivity index (χ4v) is 3.23. The molecule has 0 saturated carbocycles. The molecule has 4 unspecified atom stereocenters. The van der Waals surface area contributed by atoms with Crippen molar-refractivity contribution in [3.63, 3.8) is 0 Å². The molecule has 3 amide bonds. The molecule has 0 fully saturated rings. The highest BCUT2D eigenvalue weighted by molar-refractivity contribution is 7.98. The molecule has 0 spiro atoms. The van der Waals surface area contributed by atoms with Gasteiger partial charge in [-0.05, 0) is 30.9 Å². The number of carbonyl (C=O) groups excluding carboxylic acids is 3. The Morgan fingerprint density at radius 2 is 1.65 bits per heavy atom. The van der Waals surface area contributed by atoms with Crippen LogP contribution in [0.3, 0.4) is 0 Å². The molecule has 1 rings (SSSR count). The predicted molar refractivity (Wildman–Crippen MR) is 124 cm³/mol. The van der Waals surface area contributed by atoms with E-state index < -0.39 is 47.9 Å². The molecule has 0 heterocycles. The molecule has 4 atom stereocenters. The Balaban J connectivity index is 2.83. The zero-order valence-electron chi connectivity index (χ0n) is 17.5. The molecule has 31 heavy (non-hydrogen) atoms. The summed E-state index contributed by atoms with van der Waals surface area (Å²) in [7, 11) is 0. The highest BCUT2D eigenvalue weighted by Crippen LogP contribution is 2.05. The number of aliphatic carboxylic acids is 1. The monoisotopic (exact) mass is 470 g/mol. The summed E-state index contributed by atoms with van der Waals surface area (Å²) in [5, 5.41) is 16.8. The Bertz CT molecular complexity index is 750. The van der Waals surface area contributed by atoms with Crippen molar-refractivity contribution in [1.29, 1.82) is 0 Å². The van der Waals surface area contributed by atoms with Crippen LogP contribution < -0.4 is 21.7 Å². The summed E-state index contributed by atoms with van der Waals surface area (Å²) in [4.78, 5) is 48.8. The maximum Gasteiger partial charge on any atom is 0.326 e. The van der Waals surface area contributed by atoms with Crippen molar-refractivity contribution < 1.29 is 24.3 Å². The Hall–Kier alpha value is -2.24. The number of benzene rings is 1. The standard InChI is InChI=1S/C20H30N4O5S2/c1-12(17(25)23-15(20(28)29)8-9-31-2)22-19(27)16(24-18(26)14(21)11-30)10-13-6-4-3-5-7-13/h3-7,12,14-16,30H,8-11,21H2,1-2H3,(H,22,27)(H,23,25)(H,24,26)(H,28,29). The van der Waals surface area contributed by atoms with Crippen LogP contribution in [0.4, 0.5) is 0 Å². The number of nitrogens with one attached hydrogen (secondary N) is 3. The molecule has 0 aromatic heterocycles. The van der Waals surface area contributed by atoms with Crippen molar-refractivity contribution in [2.45, 2.75) is 43.9 Å². The third kappa shape index (κ3) is 9.62. The minimum atomic E-state index is -1.14. The molecule has 0 radical (unpaired) electrons. The highest BCUT2D eigenvalue weighted by Gasteiger charge is 2.28. The van der Waals surface area contributed by atoms with Crippen molar-refractivity contribution in [3.8, 4) is 0 Å². The molecule has 1 aromatic carbocycles. The average molecular weight is 471 g/mol. The Morgan fingerprint density at radius 3 is 2.19 bits per heavy atom. The van der Waals surface area contributed by atoms with Crippen LogP contribution in [0.5, 0.6) is 0 Å². The summed E-state index contributed by atoms with van der Waals surface area (Å²) >= 11 is 5.46. The summed E-state index contributed by atoms with van der Waals surface area (Å²) in [6, 6.07) is 5.16. The topological polar surface area (TPSA) is 151 Å². The second kappa shape index (κ2) is 13.9. The molecule has 1 aromatic rings. The van der Waals surface area contributed by atoms with Crippen LogP contribution in [0.15, 0.2) is 30.3 Å². The van der Waals surface area contributed by atoms with Crippen molar-refractivity contribution in [2.75, 3.05) is 17.8 Å². The van der Waals surface area contributed by atoms with Crippen molar-refractivity contribution in [3.05, 3.63) is 35.9 Å². The summed E-state index contributed by atoms with van der Waals surface area (Å²) in [6.45, 7) is 1.45. The van der Waals surface area contributed by atoms with E-state index >= 15 is 0 Å². The van der Waals surface area contributed by atoms with Gasteiger partial charge in [-0.2, -0.15) is 24.4 Å². The van der Waals surface area contributed by atoms with Crippen molar-refractivity contribution >= 4 is 48.1 Å². The first-order valence-corrected chi connectivity index (χ1v) is 11.7. The van der Waals surface area contributed by atoms with Crippen LogP contribution in [-0.2, 0) is 25.6 Å². The summed E-state index contributed by atoms with van der Waals surface area (Å²) in [5.41, 5.74) is 6.50. The number of rotatable bonds is 13. The molecule has 0 saturated heterocycles. The number of hydrogen-bond donors (Lipinski definition) is 6. The number of carbonyl (C=O) groups is 4. The average Bonchev–Trinajstić information content (AvgIpc) is 2.75. The summed E-state index contributed by atoms with van der Waals surface area (Å²) in [6.07, 6.45) is 2.29. The Kier molecular flexibility index (Phi) is 12.1. The predicted octanol–water partition coefficient (Wildman–Crippen LogP) is -0.202. The van der Waals surface area contributed by atoms with Gasteiger partial charge in [-0.3, -0.25) is 14.4 Å². The molecule has 172 valence electrons. The van der Waals surface area contributed by atoms with Gasteiger partial charge >= 0.3 is 5.97 Å². The molecule has 0 bridgehead atoms. The molecule has 0 aliphatic carbocycles. The number of thioether (sulfide) groups is 1. The molecular formula is C20H30N4O5S2. The first-order valence-electron chi connectivity index (χ1n) is 9.72. The van der Waals surface area contributed by atoms with Crippen LogP contribution in [-0.4, -0.2) is 70.7 Å². The van der Waals surface area contributed by atoms with Gasteiger partial charge in [-0.1, -0.05) is 30.3 Å². The second-order valence-corrected chi connectivity index (χ2v) is 8.30. The van der Waals surface area contributed by atoms with Crippen LogP contribution in [0.1, 0.15) is 18.9 Å². The van der Waals surface area contributed by atoms with Gasteiger partial charge in [0.2, 0.25) is 17.7 Å². The van der Waals surface area contributed by atoms with Gasteiger partial charge in [0, 0.05) is 12.2 Å². The van der Waals surface area contributed by atoms with E-state index in [4.69, 9.17) is 5.73 Å². The third-order valence-electron chi connectivity index (χ3n) is 4.43. The second-order valence-electron chi connectivity index (χ2n) is 6.95. The quantitative estimate of drug-likeness (QED) is 0.219. The number of nitrogens with two attached hydrogens (primary N) is 1. The van der Waals surface area contributed by atoms with E-state index in [0.29, 0.717) is 5.75 Å². The molecule has 9 nitrogen and oxygen atoms in total. The number of carboxylic acid groups (broad SMARTS) is 1. The number of thiol groups is 1. The lowest BCUT2D eigenvalue weighted by Crippen LogP contribution is -2.57. The maximum absolute atomic E-state index is 12.8. The van der Waals surface area contributed by atoms with E-state index in [0.717, 1.165) is 5.56 Å². The van der Waals surface area contributed by atoms with Gasteiger partial charge in [0.1, 0.15) is 18.1 Å². The molecule has 0 aliphatic rings. The normalized spacial score (nSPS) is 14.6. The minimum absolute atomic E-state index is 0.108. The number of carboxylic acids is 1. The zero-order chi connectivity index (χ0) is 23.4. The van der Waals surface area contributed by atoms with Gasteiger partial charge < -0.3 is 26.8 Å². The van der Waals surface area contributed by atoms with E-state index in [1.54, 1.807) is 0 Å². The van der Waals surface area contributed by atoms with E-state index in [9.17, 15) is 24.3 Å². The lowest BCUT2D eigenvalue weighted by Gasteiger charge is -2.23. The van der Waals surface area contributed by atoms with Crippen LogP contribution >= 0.6 is 24.4 Å². The maximum atomic E-state index is 12.8. The van der Waals surface area contributed by atoms with E-state index in [-0.39, 0.29) is 18.6 Å².